The lowest BCUT2D eigenvalue weighted by Gasteiger charge is -2.38. The zero-order chi connectivity index (χ0) is 17.3. The van der Waals surface area contributed by atoms with Crippen molar-refractivity contribution in [2.75, 3.05) is 19.7 Å². The quantitative estimate of drug-likeness (QED) is 0.845. The average Bonchev–Trinajstić information content (AvgIpc) is 3.23. The fourth-order valence-corrected chi connectivity index (χ4v) is 3.94. The molecular formula is C18H23N5O2. The van der Waals surface area contributed by atoms with Crippen LogP contribution in [-0.2, 0) is 18.2 Å². The summed E-state index contributed by atoms with van der Waals surface area (Å²) in [5, 5.41) is 4.09. The zero-order valence-electron chi connectivity index (χ0n) is 14.5. The van der Waals surface area contributed by atoms with E-state index in [1.807, 2.05) is 18.1 Å². The summed E-state index contributed by atoms with van der Waals surface area (Å²) < 4.78 is 7.72. The van der Waals surface area contributed by atoms with Crippen LogP contribution in [0.1, 0.15) is 35.3 Å². The smallest absolute Gasteiger partial charge is 0.257 e. The number of hydrogen-bond acceptors (Lipinski definition) is 5. The lowest BCUT2D eigenvalue weighted by molar-refractivity contribution is 0.0495. The first-order chi connectivity index (χ1) is 12.1. The van der Waals surface area contributed by atoms with Gasteiger partial charge < -0.3 is 9.64 Å². The van der Waals surface area contributed by atoms with E-state index >= 15 is 0 Å². The van der Waals surface area contributed by atoms with E-state index in [2.05, 4.69) is 15.1 Å². The minimum atomic E-state index is 0.0815. The van der Waals surface area contributed by atoms with Gasteiger partial charge >= 0.3 is 0 Å². The third kappa shape index (κ3) is 3.42. The fourth-order valence-electron chi connectivity index (χ4n) is 3.94. The Labute approximate surface area is 147 Å². The number of likely N-dealkylation sites (tertiary alicyclic amines) is 1. The van der Waals surface area contributed by atoms with Crippen LogP contribution in [0.5, 0.6) is 0 Å². The van der Waals surface area contributed by atoms with E-state index in [1.54, 1.807) is 29.5 Å². The molecule has 0 aromatic carbocycles. The Balaban J connectivity index is 1.33. The topological polar surface area (TPSA) is 73.1 Å². The molecule has 1 unspecified atom stereocenters. The molecule has 2 aliphatic heterocycles. The van der Waals surface area contributed by atoms with Crippen LogP contribution in [-0.4, -0.2) is 56.4 Å². The van der Waals surface area contributed by atoms with Crippen LogP contribution in [0.3, 0.4) is 0 Å². The molecule has 2 fully saturated rings. The van der Waals surface area contributed by atoms with Crippen molar-refractivity contribution in [2.24, 2.45) is 12.5 Å². The van der Waals surface area contributed by atoms with Gasteiger partial charge in [0.25, 0.3) is 5.91 Å². The molecular weight excluding hydrogens is 318 g/mol. The van der Waals surface area contributed by atoms with Gasteiger partial charge in [-0.3, -0.25) is 19.4 Å². The van der Waals surface area contributed by atoms with Crippen molar-refractivity contribution in [1.82, 2.24) is 24.6 Å². The van der Waals surface area contributed by atoms with Crippen LogP contribution < -0.4 is 0 Å². The molecule has 4 heterocycles. The van der Waals surface area contributed by atoms with Gasteiger partial charge in [0, 0.05) is 51.3 Å². The maximum absolute atomic E-state index is 12.5. The average molecular weight is 341 g/mol. The first-order valence-corrected chi connectivity index (χ1v) is 8.78. The molecule has 25 heavy (non-hydrogen) atoms. The van der Waals surface area contributed by atoms with E-state index in [4.69, 9.17) is 4.74 Å². The molecule has 2 saturated heterocycles. The van der Waals surface area contributed by atoms with Crippen molar-refractivity contribution in [3.05, 3.63) is 42.2 Å². The van der Waals surface area contributed by atoms with E-state index in [0.29, 0.717) is 5.56 Å². The Bertz CT molecular complexity index is 737. The lowest BCUT2D eigenvalue weighted by atomic mass is 9.76. The molecule has 0 saturated carbocycles. The molecule has 7 nitrogen and oxygen atoms in total. The van der Waals surface area contributed by atoms with Crippen molar-refractivity contribution in [2.45, 2.75) is 31.8 Å². The first-order valence-electron chi connectivity index (χ1n) is 8.78. The Hall–Kier alpha value is -2.28. The highest BCUT2D eigenvalue weighted by Crippen LogP contribution is 2.42. The molecule has 1 amide bonds. The summed E-state index contributed by atoms with van der Waals surface area (Å²) in [6.45, 7) is 2.36. The summed E-state index contributed by atoms with van der Waals surface area (Å²) in [4.78, 5) is 23.0. The van der Waals surface area contributed by atoms with Crippen molar-refractivity contribution in [3.63, 3.8) is 0 Å². The highest BCUT2D eigenvalue weighted by molar-refractivity contribution is 5.93. The molecule has 2 aliphatic rings. The molecule has 132 valence electrons. The highest BCUT2D eigenvalue weighted by Gasteiger charge is 2.43. The monoisotopic (exact) mass is 341 g/mol. The molecule has 1 spiro atoms. The fraction of sp³-hybridized carbons (Fsp3) is 0.556. The molecule has 0 N–H and O–H groups in total. The van der Waals surface area contributed by atoms with Crippen LogP contribution in [0.4, 0.5) is 0 Å². The van der Waals surface area contributed by atoms with E-state index in [9.17, 15) is 4.79 Å². The number of aryl methyl sites for hydroxylation is 1. The second kappa shape index (κ2) is 6.55. The number of rotatable bonds is 3. The zero-order valence-corrected chi connectivity index (χ0v) is 14.5. The van der Waals surface area contributed by atoms with Gasteiger partial charge in [-0.25, -0.2) is 0 Å². The number of carbonyl (C=O) groups is 1. The Kier molecular flexibility index (Phi) is 4.25. The maximum Gasteiger partial charge on any atom is 0.257 e. The standard InChI is InChI=1S/C18H23N5O2/c1-22-12-14(10-21-22)17(24)23-6-2-18(3-7-23)9-16(25-13-18)8-15-11-19-4-5-20-15/h4-5,10-12,16H,2-3,6-9,13H2,1H3. The first kappa shape index (κ1) is 16.2. The summed E-state index contributed by atoms with van der Waals surface area (Å²) in [5.41, 5.74) is 1.86. The molecule has 0 aliphatic carbocycles. The van der Waals surface area contributed by atoms with Gasteiger partial charge in [0.2, 0.25) is 0 Å². The number of amides is 1. The molecule has 7 heteroatoms. The molecule has 0 radical (unpaired) electrons. The normalized spacial score (nSPS) is 22.4. The maximum atomic E-state index is 12.5. The lowest BCUT2D eigenvalue weighted by Crippen LogP contribution is -2.43. The minimum absolute atomic E-state index is 0.0815. The van der Waals surface area contributed by atoms with Gasteiger partial charge in [-0.2, -0.15) is 5.10 Å². The number of nitrogens with zero attached hydrogens (tertiary/aromatic N) is 5. The van der Waals surface area contributed by atoms with Gasteiger partial charge in [0.1, 0.15) is 0 Å². The third-order valence-electron chi connectivity index (χ3n) is 5.40. The number of aromatic nitrogens is 4. The number of ether oxygens (including phenoxy) is 1. The van der Waals surface area contributed by atoms with E-state index < -0.39 is 0 Å². The van der Waals surface area contributed by atoms with Gasteiger partial charge in [0.15, 0.2) is 0 Å². The Morgan fingerprint density at radius 1 is 1.32 bits per heavy atom. The molecule has 0 bridgehead atoms. The molecule has 2 aromatic rings. The molecule has 1 atom stereocenters. The van der Waals surface area contributed by atoms with E-state index in [0.717, 1.165) is 51.1 Å². The number of piperidine rings is 1. The molecule has 2 aromatic heterocycles. The number of carbonyl (C=O) groups excluding carboxylic acids is 1. The number of hydrogen-bond donors (Lipinski definition) is 0. The minimum Gasteiger partial charge on any atom is -0.377 e. The van der Waals surface area contributed by atoms with Gasteiger partial charge in [-0.1, -0.05) is 0 Å². The van der Waals surface area contributed by atoms with Gasteiger partial charge in [0.05, 0.1) is 30.2 Å². The summed E-state index contributed by atoms with van der Waals surface area (Å²) in [6, 6.07) is 0. The van der Waals surface area contributed by atoms with Crippen LogP contribution in [0, 0.1) is 5.41 Å². The van der Waals surface area contributed by atoms with Crippen molar-refractivity contribution >= 4 is 5.91 Å². The summed E-state index contributed by atoms with van der Waals surface area (Å²) in [6.07, 6.45) is 12.7. The van der Waals surface area contributed by atoms with Crippen LogP contribution in [0.15, 0.2) is 31.0 Å². The predicted molar refractivity (Wildman–Crippen MR) is 90.9 cm³/mol. The largest absolute Gasteiger partial charge is 0.377 e. The second-order valence-electron chi connectivity index (χ2n) is 7.23. The van der Waals surface area contributed by atoms with Crippen molar-refractivity contribution in [1.29, 1.82) is 0 Å². The summed E-state index contributed by atoms with van der Waals surface area (Å²) in [5.74, 6) is 0.0815. The summed E-state index contributed by atoms with van der Waals surface area (Å²) in [7, 11) is 1.83. The second-order valence-corrected chi connectivity index (χ2v) is 7.23. The summed E-state index contributed by atoms with van der Waals surface area (Å²) >= 11 is 0. The van der Waals surface area contributed by atoms with Gasteiger partial charge in [-0.15, -0.1) is 0 Å². The van der Waals surface area contributed by atoms with Crippen molar-refractivity contribution in [3.8, 4) is 0 Å². The van der Waals surface area contributed by atoms with Crippen LogP contribution in [0.25, 0.3) is 0 Å². The molecule has 4 rings (SSSR count). The highest BCUT2D eigenvalue weighted by atomic mass is 16.5. The van der Waals surface area contributed by atoms with E-state index in [1.165, 1.54) is 0 Å². The SMILES string of the molecule is Cn1cc(C(=O)N2CCC3(CC2)COC(Cc2cnccn2)C3)cn1. The van der Waals surface area contributed by atoms with Crippen LogP contribution >= 0.6 is 0 Å². The van der Waals surface area contributed by atoms with E-state index in [-0.39, 0.29) is 17.4 Å². The van der Waals surface area contributed by atoms with Crippen molar-refractivity contribution < 1.29 is 9.53 Å². The van der Waals surface area contributed by atoms with Crippen LogP contribution in [0.2, 0.25) is 0 Å². The Morgan fingerprint density at radius 3 is 2.84 bits per heavy atom. The predicted octanol–water partition coefficient (Wildman–Crippen LogP) is 1.46. The third-order valence-corrected chi connectivity index (χ3v) is 5.40. The van der Waals surface area contributed by atoms with Gasteiger partial charge in [-0.05, 0) is 24.7 Å². The Morgan fingerprint density at radius 2 is 2.16 bits per heavy atom.